The number of aryl methyl sites for hydroxylation is 1. The van der Waals surface area contributed by atoms with Gasteiger partial charge in [-0.3, -0.25) is 9.48 Å². The smallest absolute Gasteiger partial charge is 0.243 e. The molecule has 1 amide bonds. The zero-order chi connectivity index (χ0) is 22.4. The van der Waals surface area contributed by atoms with Crippen LogP contribution in [0.2, 0.25) is 0 Å². The molecule has 10 nitrogen and oxygen atoms in total. The third-order valence-corrected chi connectivity index (χ3v) is 6.18. The van der Waals surface area contributed by atoms with Gasteiger partial charge in [-0.15, -0.1) is 0 Å². The second-order valence-electron chi connectivity index (χ2n) is 8.40. The molecule has 2 aliphatic heterocycles. The lowest BCUT2D eigenvalue weighted by atomic mass is 10.1. The van der Waals surface area contributed by atoms with Crippen molar-refractivity contribution in [2.75, 3.05) is 48.0 Å². The number of nitrogens with one attached hydrogen (secondary N) is 2. The minimum absolute atomic E-state index is 0.111. The summed E-state index contributed by atoms with van der Waals surface area (Å²) < 4.78 is 7.40. The van der Waals surface area contributed by atoms with Gasteiger partial charge in [0.2, 0.25) is 5.91 Å². The SMILES string of the molecule is Cn1cc(NC(=O)CN2C[C@@H]3COCCN3c3nc(-c4cccc5[nH]ccc45)ncc32)cn1. The fourth-order valence-electron chi connectivity index (χ4n) is 4.66. The number of carbonyl (C=O) groups excluding carboxylic acids is 1. The van der Waals surface area contributed by atoms with Gasteiger partial charge in [-0.1, -0.05) is 12.1 Å². The standard InChI is InChI=1S/C23H24N8O2/c1-29-11-15(9-26-29)27-21(32)13-30-12-16-14-33-8-7-31(16)23-20(30)10-25-22(28-23)18-3-2-4-19-17(18)5-6-24-19/h2-6,9-11,16,24H,7-8,12-14H2,1H3,(H,27,32)/t16-/m1/s1. The number of rotatable bonds is 4. The molecule has 1 atom stereocenters. The van der Waals surface area contributed by atoms with Gasteiger partial charge in [0.15, 0.2) is 11.6 Å². The summed E-state index contributed by atoms with van der Waals surface area (Å²) in [6.45, 7) is 2.89. The summed E-state index contributed by atoms with van der Waals surface area (Å²) in [4.78, 5) is 30.1. The van der Waals surface area contributed by atoms with Crippen molar-refractivity contribution in [2.24, 2.45) is 7.05 Å². The van der Waals surface area contributed by atoms with E-state index in [9.17, 15) is 4.79 Å². The summed E-state index contributed by atoms with van der Waals surface area (Å²) in [5, 5.41) is 8.10. The number of hydrogen-bond acceptors (Lipinski definition) is 7. The lowest BCUT2D eigenvalue weighted by Gasteiger charge is -2.45. The van der Waals surface area contributed by atoms with Crippen LogP contribution in [-0.2, 0) is 16.6 Å². The number of aromatic nitrogens is 5. The molecule has 6 rings (SSSR count). The van der Waals surface area contributed by atoms with E-state index in [1.165, 1.54) is 0 Å². The Kier molecular flexibility index (Phi) is 4.72. The van der Waals surface area contributed by atoms with Crippen LogP contribution in [0, 0.1) is 0 Å². The van der Waals surface area contributed by atoms with Crippen LogP contribution in [0.3, 0.4) is 0 Å². The van der Waals surface area contributed by atoms with Gasteiger partial charge in [-0.25, -0.2) is 9.97 Å². The van der Waals surface area contributed by atoms with Crippen molar-refractivity contribution in [3.05, 3.63) is 49.1 Å². The van der Waals surface area contributed by atoms with Crippen LogP contribution in [0.25, 0.3) is 22.3 Å². The molecule has 2 N–H and O–H groups in total. The molecular formula is C23H24N8O2. The van der Waals surface area contributed by atoms with Crippen LogP contribution in [-0.4, -0.2) is 69.5 Å². The Bertz CT molecular complexity index is 1330. The summed E-state index contributed by atoms with van der Waals surface area (Å²) in [6.07, 6.45) is 7.17. The summed E-state index contributed by atoms with van der Waals surface area (Å²) >= 11 is 0. The molecule has 10 heteroatoms. The number of H-pyrrole nitrogens is 1. The first kappa shape index (κ1) is 19.7. The first-order chi connectivity index (χ1) is 16.2. The maximum Gasteiger partial charge on any atom is 0.243 e. The van der Waals surface area contributed by atoms with E-state index in [4.69, 9.17) is 14.7 Å². The quantitative estimate of drug-likeness (QED) is 0.496. The fraction of sp³-hybridized carbons (Fsp3) is 0.304. The van der Waals surface area contributed by atoms with Crippen LogP contribution in [0.4, 0.5) is 17.2 Å². The average Bonchev–Trinajstić information content (AvgIpc) is 3.47. The summed E-state index contributed by atoms with van der Waals surface area (Å²) in [6, 6.07) is 8.25. The van der Waals surface area contributed by atoms with Crippen molar-refractivity contribution < 1.29 is 9.53 Å². The third kappa shape index (κ3) is 3.58. The molecule has 1 aromatic carbocycles. The zero-order valence-corrected chi connectivity index (χ0v) is 18.2. The number of nitrogens with zero attached hydrogens (tertiary/aromatic N) is 6. The number of ether oxygens (including phenoxy) is 1. The highest BCUT2D eigenvalue weighted by Gasteiger charge is 2.35. The van der Waals surface area contributed by atoms with E-state index in [0.29, 0.717) is 31.3 Å². The van der Waals surface area contributed by atoms with E-state index in [-0.39, 0.29) is 18.5 Å². The molecule has 0 aliphatic carbocycles. The Labute approximate surface area is 190 Å². The van der Waals surface area contributed by atoms with Crippen molar-refractivity contribution in [1.82, 2.24) is 24.7 Å². The van der Waals surface area contributed by atoms with Gasteiger partial charge in [0, 0.05) is 49.0 Å². The molecule has 0 radical (unpaired) electrons. The van der Waals surface area contributed by atoms with Crippen molar-refractivity contribution in [3.63, 3.8) is 0 Å². The fourth-order valence-corrected chi connectivity index (χ4v) is 4.66. The Morgan fingerprint density at radius 2 is 2.24 bits per heavy atom. The molecule has 0 spiro atoms. The molecule has 0 unspecified atom stereocenters. The van der Waals surface area contributed by atoms with Crippen molar-refractivity contribution >= 4 is 34.0 Å². The number of morpholine rings is 1. The van der Waals surface area contributed by atoms with E-state index in [1.807, 2.05) is 48.6 Å². The lowest BCUT2D eigenvalue weighted by molar-refractivity contribution is -0.115. The number of carbonyl (C=O) groups is 1. The van der Waals surface area contributed by atoms with E-state index in [2.05, 4.69) is 20.3 Å². The highest BCUT2D eigenvalue weighted by molar-refractivity contribution is 5.95. The largest absolute Gasteiger partial charge is 0.377 e. The molecule has 0 saturated carbocycles. The van der Waals surface area contributed by atoms with Gasteiger partial charge in [-0.2, -0.15) is 5.10 Å². The maximum absolute atomic E-state index is 12.8. The molecule has 1 saturated heterocycles. The van der Waals surface area contributed by atoms with Crippen LogP contribution in [0.5, 0.6) is 0 Å². The Morgan fingerprint density at radius 1 is 1.30 bits per heavy atom. The molecule has 3 aromatic heterocycles. The van der Waals surface area contributed by atoms with E-state index in [0.717, 1.165) is 34.5 Å². The predicted molar refractivity (Wildman–Crippen MR) is 125 cm³/mol. The maximum atomic E-state index is 12.8. The second-order valence-corrected chi connectivity index (χ2v) is 8.40. The Balaban J connectivity index is 1.35. The van der Waals surface area contributed by atoms with Crippen molar-refractivity contribution in [1.29, 1.82) is 0 Å². The second kappa shape index (κ2) is 7.89. The minimum atomic E-state index is -0.111. The molecule has 2 aliphatic rings. The van der Waals surface area contributed by atoms with Gasteiger partial charge in [0.1, 0.15) is 0 Å². The van der Waals surface area contributed by atoms with Gasteiger partial charge >= 0.3 is 0 Å². The Hall–Kier alpha value is -3.92. The van der Waals surface area contributed by atoms with Crippen molar-refractivity contribution in [3.8, 4) is 11.4 Å². The van der Waals surface area contributed by atoms with Crippen LogP contribution in [0.1, 0.15) is 0 Å². The van der Waals surface area contributed by atoms with Gasteiger partial charge < -0.3 is 24.8 Å². The lowest BCUT2D eigenvalue weighted by Crippen LogP contribution is -2.56. The number of anilines is 3. The summed E-state index contributed by atoms with van der Waals surface area (Å²) in [5.74, 6) is 1.41. The summed E-state index contributed by atoms with van der Waals surface area (Å²) in [7, 11) is 1.82. The third-order valence-electron chi connectivity index (χ3n) is 6.18. The van der Waals surface area contributed by atoms with Gasteiger partial charge in [0.05, 0.1) is 49.6 Å². The first-order valence-corrected chi connectivity index (χ1v) is 11.0. The zero-order valence-electron chi connectivity index (χ0n) is 18.2. The van der Waals surface area contributed by atoms with E-state index < -0.39 is 0 Å². The van der Waals surface area contributed by atoms with E-state index >= 15 is 0 Å². The van der Waals surface area contributed by atoms with Crippen LogP contribution < -0.4 is 15.1 Å². The monoisotopic (exact) mass is 444 g/mol. The van der Waals surface area contributed by atoms with Crippen LogP contribution >= 0.6 is 0 Å². The molecule has 5 heterocycles. The molecule has 0 bridgehead atoms. The number of benzene rings is 1. The molecular weight excluding hydrogens is 420 g/mol. The Morgan fingerprint density at radius 3 is 3.12 bits per heavy atom. The first-order valence-electron chi connectivity index (χ1n) is 11.0. The van der Waals surface area contributed by atoms with E-state index in [1.54, 1.807) is 17.1 Å². The number of amides is 1. The highest BCUT2D eigenvalue weighted by atomic mass is 16.5. The topological polar surface area (TPSA) is 104 Å². The van der Waals surface area contributed by atoms with Gasteiger partial charge in [0.25, 0.3) is 0 Å². The predicted octanol–water partition coefficient (Wildman–Crippen LogP) is 2.02. The number of hydrogen-bond donors (Lipinski definition) is 2. The number of aromatic amines is 1. The summed E-state index contributed by atoms with van der Waals surface area (Å²) in [5.41, 5.74) is 3.56. The normalized spacial score (nSPS) is 17.7. The molecule has 1 fully saturated rings. The molecule has 33 heavy (non-hydrogen) atoms. The highest BCUT2D eigenvalue weighted by Crippen LogP contribution is 2.36. The van der Waals surface area contributed by atoms with Gasteiger partial charge in [-0.05, 0) is 12.1 Å². The number of fused-ring (bicyclic) bond motifs is 4. The molecule has 4 aromatic rings. The average molecular weight is 444 g/mol. The van der Waals surface area contributed by atoms with Crippen LogP contribution in [0.15, 0.2) is 49.1 Å². The molecule has 168 valence electrons. The minimum Gasteiger partial charge on any atom is -0.377 e. The van der Waals surface area contributed by atoms with Crippen molar-refractivity contribution in [2.45, 2.75) is 6.04 Å².